The molecule has 3 heteroatoms. The summed E-state index contributed by atoms with van der Waals surface area (Å²) in [5.41, 5.74) is 3.47. The molecule has 1 aliphatic rings. The molecule has 0 saturated carbocycles. The smallest absolute Gasteiger partial charge is 0.167 e. The minimum Gasteiger partial charge on any atom is -0.496 e. The van der Waals surface area contributed by atoms with Crippen LogP contribution in [0.5, 0.6) is 5.75 Å². The summed E-state index contributed by atoms with van der Waals surface area (Å²) >= 11 is 0. The van der Waals surface area contributed by atoms with Gasteiger partial charge in [0.25, 0.3) is 0 Å². The third kappa shape index (κ3) is 3.57. The van der Waals surface area contributed by atoms with E-state index >= 15 is 0 Å². The van der Waals surface area contributed by atoms with E-state index in [2.05, 4.69) is 39.0 Å². The second-order valence-electron chi connectivity index (χ2n) is 8.06. The van der Waals surface area contributed by atoms with Crippen molar-refractivity contribution in [3.8, 4) is 5.75 Å². The van der Waals surface area contributed by atoms with Crippen LogP contribution >= 0.6 is 0 Å². The molecule has 3 rings (SSSR count). The Morgan fingerprint density at radius 1 is 1.04 bits per heavy atom. The van der Waals surface area contributed by atoms with Gasteiger partial charge in [0.05, 0.1) is 7.11 Å². The first kappa shape index (κ1) is 18.4. The van der Waals surface area contributed by atoms with Gasteiger partial charge in [-0.05, 0) is 35.4 Å². The van der Waals surface area contributed by atoms with E-state index < -0.39 is 0 Å². The second-order valence-corrected chi connectivity index (χ2v) is 8.06. The molecule has 2 aromatic rings. The fourth-order valence-corrected chi connectivity index (χ4v) is 3.67. The molecule has 136 valence electrons. The Morgan fingerprint density at radius 2 is 1.73 bits per heavy atom. The predicted octanol–water partition coefficient (Wildman–Crippen LogP) is 5.01. The Labute approximate surface area is 155 Å². The maximum Gasteiger partial charge on any atom is 0.167 e. The van der Waals surface area contributed by atoms with Crippen molar-refractivity contribution in [1.29, 1.82) is 0 Å². The van der Waals surface area contributed by atoms with Crippen LogP contribution in [-0.2, 0) is 11.8 Å². The van der Waals surface area contributed by atoms with E-state index in [0.29, 0.717) is 24.0 Å². The summed E-state index contributed by atoms with van der Waals surface area (Å²) < 4.78 is 5.57. The third-order valence-electron chi connectivity index (χ3n) is 5.15. The van der Waals surface area contributed by atoms with Gasteiger partial charge < -0.3 is 4.74 Å². The van der Waals surface area contributed by atoms with Gasteiger partial charge in [-0.15, -0.1) is 0 Å². The molecular weight excluding hydrogens is 324 g/mol. The molecule has 0 saturated heterocycles. The zero-order valence-electron chi connectivity index (χ0n) is 16.0. The van der Waals surface area contributed by atoms with Crippen LogP contribution in [0.1, 0.15) is 65.5 Å². The number of carbonyl (C=O) groups excluding carboxylic acids is 2. The third-order valence-corrected chi connectivity index (χ3v) is 5.15. The molecule has 0 fully saturated rings. The van der Waals surface area contributed by atoms with Gasteiger partial charge in [-0.3, -0.25) is 9.59 Å². The second kappa shape index (κ2) is 7.06. The van der Waals surface area contributed by atoms with E-state index in [1.165, 1.54) is 5.56 Å². The number of rotatable bonds is 4. The first-order chi connectivity index (χ1) is 12.3. The highest BCUT2D eigenvalue weighted by Gasteiger charge is 2.31. The number of Topliss-reactive ketones (excluding diaryl/α,β-unsaturated/α-hetero) is 2. The number of hydrogen-bond acceptors (Lipinski definition) is 3. The van der Waals surface area contributed by atoms with Crippen molar-refractivity contribution in [2.24, 2.45) is 5.92 Å². The largest absolute Gasteiger partial charge is 0.496 e. The summed E-state index contributed by atoms with van der Waals surface area (Å²) in [5, 5.41) is 0. The van der Waals surface area contributed by atoms with E-state index in [9.17, 15) is 9.59 Å². The van der Waals surface area contributed by atoms with Crippen LogP contribution in [0.4, 0.5) is 0 Å². The summed E-state index contributed by atoms with van der Waals surface area (Å²) in [6, 6.07) is 13.4. The lowest BCUT2D eigenvalue weighted by molar-refractivity contribution is 0.0817. The first-order valence-electron chi connectivity index (χ1n) is 9.15. The Hall–Kier alpha value is -2.42. The molecule has 1 aliphatic carbocycles. The van der Waals surface area contributed by atoms with E-state index in [0.717, 1.165) is 17.7 Å². The monoisotopic (exact) mass is 350 g/mol. The van der Waals surface area contributed by atoms with Crippen molar-refractivity contribution in [2.45, 2.75) is 45.4 Å². The Kier molecular flexibility index (Phi) is 4.99. The summed E-state index contributed by atoms with van der Waals surface area (Å²) in [6.07, 6.45) is 1.75. The van der Waals surface area contributed by atoms with Crippen molar-refractivity contribution in [2.75, 3.05) is 7.11 Å². The average Bonchev–Trinajstić information content (AvgIpc) is 2.62. The number of fused-ring (bicyclic) bond motifs is 1. The van der Waals surface area contributed by atoms with Crippen molar-refractivity contribution >= 4 is 11.6 Å². The van der Waals surface area contributed by atoms with Gasteiger partial charge in [0, 0.05) is 23.5 Å². The predicted molar refractivity (Wildman–Crippen MR) is 103 cm³/mol. The number of ether oxygens (including phenoxy) is 1. The fourth-order valence-electron chi connectivity index (χ4n) is 3.67. The Balaban J connectivity index is 1.76. The van der Waals surface area contributed by atoms with E-state index in [-0.39, 0.29) is 22.9 Å². The standard InChI is InChI=1S/C23H26O3/c1-23(2,3)19-12-10-15(13-21(19)26-4)9-11-16-14-20(24)17-7-5-6-8-18(17)22(16)25/h5-8,10,12-13,16H,9,11,14H2,1-4H3. The SMILES string of the molecule is COc1cc(CCC2CC(=O)c3ccccc3C2=O)ccc1C(C)(C)C. The zero-order chi connectivity index (χ0) is 18.9. The lowest BCUT2D eigenvalue weighted by atomic mass is 9.79. The highest BCUT2D eigenvalue weighted by molar-refractivity contribution is 6.14. The molecule has 1 unspecified atom stereocenters. The summed E-state index contributed by atoms with van der Waals surface area (Å²) in [5.74, 6) is 0.821. The normalized spacial score (nSPS) is 17.2. The van der Waals surface area contributed by atoms with Crippen molar-refractivity contribution < 1.29 is 14.3 Å². The average molecular weight is 350 g/mol. The molecule has 2 aromatic carbocycles. The molecule has 0 amide bonds. The quantitative estimate of drug-likeness (QED) is 0.778. The Bertz CT molecular complexity index is 843. The number of benzene rings is 2. The minimum atomic E-state index is -0.231. The van der Waals surface area contributed by atoms with Gasteiger partial charge in [0.1, 0.15) is 5.75 Å². The molecule has 3 nitrogen and oxygen atoms in total. The molecule has 0 spiro atoms. The summed E-state index contributed by atoms with van der Waals surface area (Å²) in [6.45, 7) is 6.48. The number of ketones is 2. The van der Waals surface area contributed by atoms with E-state index in [4.69, 9.17) is 4.74 Å². The van der Waals surface area contributed by atoms with Gasteiger partial charge >= 0.3 is 0 Å². The molecule has 0 aliphatic heterocycles. The van der Waals surface area contributed by atoms with Gasteiger partial charge in [-0.25, -0.2) is 0 Å². The molecule has 0 radical (unpaired) electrons. The maximum atomic E-state index is 12.7. The van der Waals surface area contributed by atoms with Crippen LogP contribution in [0.15, 0.2) is 42.5 Å². The van der Waals surface area contributed by atoms with Crippen LogP contribution in [0, 0.1) is 5.92 Å². The highest BCUT2D eigenvalue weighted by Crippen LogP contribution is 2.33. The first-order valence-corrected chi connectivity index (χ1v) is 9.15. The molecule has 0 N–H and O–H groups in total. The van der Waals surface area contributed by atoms with Gasteiger partial charge in [0.15, 0.2) is 11.6 Å². The van der Waals surface area contributed by atoms with Crippen LogP contribution in [0.3, 0.4) is 0 Å². The summed E-state index contributed by atoms with van der Waals surface area (Å²) in [4.78, 5) is 25.1. The van der Waals surface area contributed by atoms with Crippen LogP contribution < -0.4 is 4.74 Å². The minimum absolute atomic E-state index is 0.0132. The van der Waals surface area contributed by atoms with Gasteiger partial charge in [-0.2, -0.15) is 0 Å². The Morgan fingerprint density at radius 3 is 2.38 bits per heavy atom. The topological polar surface area (TPSA) is 43.4 Å². The van der Waals surface area contributed by atoms with Crippen molar-refractivity contribution in [3.05, 3.63) is 64.7 Å². The molecule has 0 bridgehead atoms. The maximum absolute atomic E-state index is 12.7. The van der Waals surface area contributed by atoms with E-state index in [1.807, 2.05) is 12.1 Å². The van der Waals surface area contributed by atoms with E-state index in [1.54, 1.807) is 19.2 Å². The molecule has 0 heterocycles. The fraction of sp³-hybridized carbons (Fsp3) is 0.391. The molecular formula is C23H26O3. The summed E-state index contributed by atoms with van der Waals surface area (Å²) in [7, 11) is 1.69. The zero-order valence-corrected chi connectivity index (χ0v) is 16.0. The van der Waals surface area contributed by atoms with Crippen LogP contribution in [0.25, 0.3) is 0 Å². The lowest BCUT2D eigenvalue weighted by Gasteiger charge is -2.24. The molecule has 0 aromatic heterocycles. The van der Waals surface area contributed by atoms with Crippen LogP contribution in [-0.4, -0.2) is 18.7 Å². The van der Waals surface area contributed by atoms with Gasteiger partial charge in [-0.1, -0.05) is 57.2 Å². The number of methoxy groups -OCH3 is 1. The number of hydrogen-bond donors (Lipinski definition) is 0. The highest BCUT2D eigenvalue weighted by atomic mass is 16.5. The van der Waals surface area contributed by atoms with Crippen LogP contribution in [0.2, 0.25) is 0 Å². The number of aryl methyl sites for hydroxylation is 1. The number of carbonyl (C=O) groups is 2. The van der Waals surface area contributed by atoms with Crippen molar-refractivity contribution in [1.82, 2.24) is 0 Å². The van der Waals surface area contributed by atoms with Gasteiger partial charge in [0.2, 0.25) is 0 Å². The molecule has 1 atom stereocenters. The van der Waals surface area contributed by atoms with Crippen molar-refractivity contribution in [3.63, 3.8) is 0 Å². The lowest BCUT2D eigenvalue weighted by Crippen LogP contribution is -2.27. The molecule has 26 heavy (non-hydrogen) atoms.